The Kier molecular flexibility index (Phi) is 5.44. The Morgan fingerprint density at radius 2 is 1.93 bits per heavy atom. The lowest BCUT2D eigenvalue weighted by molar-refractivity contribution is 0.0944. The van der Waals surface area contributed by atoms with E-state index >= 15 is 0 Å². The highest BCUT2D eigenvalue weighted by molar-refractivity contribution is 9.10. The minimum absolute atomic E-state index is 0.315. The summed E-state index contributed by atoms with van der Waals surface area (Å²) in [5.41, 5.74) is 1.42. The molecule has 0 amide bonds. The predicted octanol–water partition coefficient (Wildman–Crippen LogP) is 4.61. The van der Waals surface area contributed by atoms with Crippen LogP contribution in [0.2, 0.25) is 0 Å². The van der Waals surface area contributed by atoms with Crippen molar-refractivity contribution in [3.8, 4) is 17.3 Å². The van der Waals surface area contributed by atoms with Gasteiger partial charge in [-0.1, -0.05) is 40.2 Å². The van der Waals surface area contributed by atoms with Crippen LogP contribution >= 0.6 is 15.9 Å². The summed E-state index contributed by atoms with van der Waals surface area (Å²) in [5, 5.41) is 7.56. The van der Waals surface area contributed by atoms with Crippen molar-refractivity contribution in [2.75, 3.05) is 12.4 Å². The average molecular weight is 453 g/mol. The summed E-state index contributed by atoms with van der Waals surface area (Å²) >= 11 is 3.42. The monoisotopic (exact) mass is 452 g/mol. The van der Waals surface area contributed by atoms with Crippen molar-refractivity contribution < 1.29 is 13.9 Å². The zero-order chi connectivity index (χ0) is 20.2. The molecular weight excluding hydrogens is 436 g/mol. The average Bonchev–Trinajstić information content (AvgIpc) is 3.43. The van der Waals surface area contributed by atoms with Crippen LogP contribution in [0.5, 0.6) is 5.75 Å². The molecule has 2 heterocycles. The van der Waals surface area contributed by atoms with Crippen molar-refractivity contribution in [3.63, 3.8) is 0 Å². The molecular formula is C21H17BrN4O3. The van der Waals surface area contributed by atoms with Crippen LogP contribution in [0, 0.1) is 0 Å². The third kappa shape index (κ3) is 4.07. The van der Waals surface area contributed by atoms with Crippen LogP contribution in [0.1, 0.15) is 15.9 Å². The molecule has 2 aromatic heterocycles. The molecule has 0 saturated carbocycles. The number of para-hydroxylation sites is 1. The van der Waals surface area contributed by atoms with E-state index in [-0.39, 0.29) is 5.91 Å². The molecule has 0 atom stereocenters. The molecule has 146 valence electrons. The SMILES string of the molecule is COc1ccccc1C(=O)n1nc(-c2ccco2)nc1NCc1ccc(Br)cc1. The second kappa shape index (κ2) is 8.32. The van der Waals surface area contributed by atoms with Crippen LogP contribution in [-0.4, -0.2) is 27.8 Å². The van der Waals surface area contributed by atoms with Gasteiger partial charge in [-0.05, 0) is 42.0 Å². The number of hydrogen-bond donors (Lipinski definition) is 1. The molecule has 7 nitrogen and oxygen atoms in total. The molecule has 1 N–H and O–H groups in total. The summed E-state index contributed by atoms with van der Waals surface area (Å²) < 4.78 is 12.9. The van der Waals surface area contributed by atoms with Gasteiger partial charge in [-0.15, -0.1) is 5.10 Å². The van der Waals surface area contributed by atoms with E-state index in [2.05, 4.69) is 31.3 Å². The van der Waals surface area contributed by atoms with Gasteiger partial charge in [0, 0.05) is 11.0 Å². The summed E-state index contributed by atoms with van der Waals surface area (Å²) in [7, 11) is 1.52. The van der Waals surface area contributed by atoms with Crippen molar-refractivity contribution in [3.05, 3.63) is 82.5 Å². The Morgan fingerprint density at radius 1 is 1.14 bits per heavy atom. The van der Waals surface area contributed by atoms with E-state index in [1.165, 1.54) is 18.1 Å². The molecule has 0 saturated heterocycles. The highest BCUT2D eigenvalue weighted by atomic mass is 79.9. The number of aromatic nitrogens is 3. The number of furan rings is 1. The van der Waals surface area contributed by atoms with E-state index in [9.17, 15) is 4.79 Å². The fraction of sp³-hybridized carbons (Fsp3) is 0.0952. The molecule has 8 heteroatoms. The normalized spacial score (nSPS) is 10.7. The van der Waals surface area contributed by atoms with Gasteiger partial charge in [-0.3, -0.25) is 4.79 Å². The van der Waals surface area contributed by atoms with Crippen LogP contribution < -0.4 is 10.1 Å². The first-order valence-corrected chi connectivity index (χ1v) is 9.62. The first kappa shape index (κ1) is 18.9. The smallest absolute Gasteiger partial charge is 0.285 e. The summed E-state index contributed by atoms with van der Waals surface area (Å²) in [6, 6.07) is 18.3. The van der Waals surface area contributed by atoms with Crippen molar-refractivity contribution in [1.82, 2.24) is 14.8 Å². The molecule has 0 radical (unpaired) electrons. The number of halogens is 1. The van der Waals surface area contributed by atoms with Gasteiger partial charge in [-0.2, -0.15) is 9.67 Å². The lowest BCUT2D eigenvalue weighted by Crippen LogP contribution is -2.18. The first-order chi connectivity index (χ1) is 14.2. The number of carbonyl (C=O) groups is 1. The summed E-state index contributed by atoms with van der Waals surface area (Å²) in [4.78, 5) is 17.7. The highest BCUT2D eigenvalue weighted by Crippen LogP contribution is 2.23. The van der Waals surface area contributed by atoms with Crippen molar-refractivity contribution in [2.45, 2.75) is 6.54 Å². The van der Waals surface area contributed by atoms with Crippen molar-refractivity contribution in [1.29, 1.82) is 0 Å². The maximum absolute atomic E-state index is 13.2. The number of anilines is 1. The number of ether oxygens (including phenoxy) is 1. The molecule has 2 aromatic carbocycles. The first-order valence-electron chi connectivity index (χ1n) is 8.82. The Morgan fingerprint density at radius 3 is 2.66 bits per heavy atom. The number of methoxy groups -OCH3 is 1. The fourth-order valence-electron chi connectivity index (χ4n) is 2.80. The second-order valence-corrected chi connectivity index (χ2v) is 7.05. The van der Waals surface area contributed by atoms with Crippen molar-refractivity contribution in [2.24, 2.45) is 0 Å². The van der Waals surface area contributed by atoms with E-state index < -0.39 is 0 Å². The van der Waals surface area contributed by atoms with Gasteiger partial charge in [0.1, 0.15) is 5.75 Å². The molecule has 0 fully saturated rings. The van der Waals surface area contributed by atoms with Crippen LogP contribution in [0.15, 0.2) is 75.8 Å². The van der Waals surface area contributed by atoms with E-state index in [4.69, 9.17) is 9.15 Å². The number of nitrogens with one attached hydrogen (secondary N) is 1. The number of rotatable bonds is 6. The maximum Gasteiger partial charge on any atom is 0.285 e. The molecule has 0 bridgehead atoms. The minimum atomic E-state index is -0.355. The largest absolute Gasteiger partial charge is 0.496 e. The molecule has 0 aliphatic rings. The Balaban J connectivity index is 1.69. The topological polar surface area (TPSA) is 82.2 Å². The van der Waals surface area contributed by atoms with Crippen LogP contribution in [-0.2, 0) is 6.54 Å². The van der Waals surface area contributed by atoms with Crippen LogP contribution in [0.4, 0.5) is 5.95 Å². The van der Waals surface area contributed by atoms with E-state index in [1.807, 2.05) is 24.3 Å². The Hall–Kier alpha value is -3.39. The molecule has 0 aliphatic carbocycles. The standard InChI is InChI=1S/C21H17BrN4O3/c1-28-17-6-3-2-5-16(17)20(27)26-21(23-13-14-8-10-15(22)11-9-14)24-19(25-26)18-7-4-12-29-18/h2-12H,13H2,1H3,(H,23,24,25). The van der Waals surface area contributed by atoms with Gasteiger partial charge in [-0.25, -0.2) is 0 Å². The summed E-state index contributed by atoms with van der Waals surface area (Å²) in [6.45, 7) is 0.475. The number of benzene rings is 2. The number of hydrogen-bond acceptors (Lipinski definition) is 6. The fourth-order valence-corrected chi connectivity index (χ4v) is 3.06. The molecule has 29 heavy (non-hydrogen) atoms. The Labute approximate surface area is 175 Å². The molecule has 0 unspecified atom stereocenters. The summed E-state index contributed by atoms with van der Waals surface area (Å²) in [5.74, 6) is 1.22. The zero-order valence-corrected chi connectivity index (χ0v) is 17.1. The van der Waals surface area contributed by atoms with Gasteiger partial charge in [0.25, 0.3) is 5.91 Å². The second-order valence-electron chi connectivity index (χ2n) is 6.13. The molecule has 0 spiro atoms. The van der Waals surface area contributed by atoms with Gasteiger partial charge in [0.15, 0.2) is 5.76 Å². The lowest BCUT2D eigenvalue weighted by Gasteiger charge is -2.10. The molecule has 4 rings (SSSR count). The van der Waals surface area contributed by atoms with Gasteiger partial charge in [0.2, 0.25) is 11.8 Å². The van der Waals surface area contributed by atoms with Crippen LogP contribution in [0.25, 0.3) is 11.6 Å². The highest BCUT2D eigenvalue weighted by Gasteiger charge is 2.22. The van der Waals surface area contributed by atoms with E-state index in [1.54, 1.807) is 36.4 Å². The zero-order valence-electron chi connectivity index (χ0n) is 15.5. The van der Waals surface area contributed by atoms with Gasteiger partial charge < -0.3 is 14.5 Å². The molecule has 0 aliphatic heterocycles. The number of carbonyl (C=O) groups excluding carboxylic acids is 1. The Bertz CT molecular complexity index is 1120. The van der Waals surface area contributed by atoms with Crippen molar-refractivity contribution >= 4 is 27.8 Å². The van der Waals surface area contributed by atoms with Crippen LogP contribution in [0.3, 0.4) is 0 Å². The van der Waals surface area contributed by atoms with Gasteiger partial charge >= 0.3 is 0 Å². The third-order valence-electron chi connectivity index (χ3n) is 4.24. The lowest BCUT2D eigenvalue weighted by atomic mass is 10.2. The summed E-state index contributed by atoms with van der Waals surface area (Å²) in [6.07, 6.45) is 1.53. The van der Waals surface area contributed by atoms with E-state index in [0.29, 0.717) is 35.4 Å². The molecule has 4 aromatic rings. The third-order valence-corrected chi connectivity index (χ3v) is 4.77. The van der Waals surface area contributed by atoms with E-state index in [0.717, 1.165) is 10.0 Å². The predicted molar refractivity (Wildman–Crippen MR) is 112 cm³/mol. The minimum Gasteiger partial charge on any atom is -0.496 e. The van der Waals surface area contributed by atoms with Gasteiger partial charge in [0.05, 0.1) is 18.9 Å². The quantitative estimate of drug-likeness (QED) is 0.459. The number of nitrogens with zero attached hydrogens (tertiary/aromatic N) is 3. The maximum atomic E-state index is 13.2.